The third kappa shape index (κ3) is 5.53. The summed E-state index contributed by atoms with van der Waals surface area (Å²) >= 11 is 1.40. The number of thiazole rings is 1. The molecule has 0 radical (unpaired) electrons. The fourth-order valence-corrected chi connectivity index (χ4v) is 3.54. The van der Waals surface area contributed by atoms with Crippen LogP contribution < -0.4 is 10.0 Å². The zero-order chi connectivity index (χ0) is 19.3. The van der Waals surface area contributed by atoms with Gasteiger partial charge in [0, 0.05) is 11.1 Å². The van der Waals surface area contributed by atoms with E-state index in [9.17, 15) is 13.2 Å². The maximum atomic E-state index is 12.3. The molecule has 0 saturated carbocycles. The summed E-state index contributed by atoms with van der Waals surface area (Å²) in [7, 11) is -3.50. The van der Waals surface area contributed by atoms with Gasteiger partial charge < -0.3 is 10.1 Å². The van der Waals surface area contributed by atoms with E-state index in [4.69, 9.17) is 4.74 Å². The van der Waals surface area contributed by atoms with Crippen molar-refractivity contribution in [2.24, 2.45) is 0 Å². The number of aromatic nitrogens is 1. The quantitative estimate of drug-likeness (QED) is 0.585. The number of benzene rings is 2. The molecule has 0 saturated heterocycles. The van der Waals surface area contributed by atoms with E-state index >= 15 is 0 Å². The largest absolute Gasteiger partial charge is 0.455 e. The minimum Gasteiger partial charge on any atom is -0.455 e. The van der Waals surface area contributed by atoms with Gasteiger partial charge in [-0.2, -0.15) is 0 Å². The highest BCUT2D eigenvalue weighted by atomic mass is 32.2. The highest BCUT2D eigenvalue weighted by Gasteiger charge is 2.15. The van der Waals surface area contributed by atoms with Crippen molar-refractivity contribution in [1.29, 1.82) is 0 Å². The Balaban J connectivity index is 1.63. The number of para-hydroxylation sites is 2. The van der Waals surface area contributed by atoms with E-state index < -0.39 is 16.0 Å². The molecule has 1 heterocycles. The predicted octanol–water partition coefficient (Wildman–Crippen LogP) is 3.62. The number of nitrogens with one attached hydrogen (secondary N) is 2. The molecule has 0 amide bonds. The van der Waals surface area contributed by atoms with Crippen molar-refractivity contribution in [1.82, 2.24) is 4.98 Å². The van der Waals surface area contributed by atoms with Crippen LogP contribution in [-0.4, -0.2) is 25.6 Å². The highest BCUT2D eigenvalue weighted by molar-refractivity contribution is 7.92. The topological polar surface area (TPSA) is 97.4 Å². The first-order chi connectivity index (χ1) is 12.9. The van der Waals surface area contributed by atoms with Crippen LogP contribution in [0.2, 0.25) is 0 Å². The molecular formula is C18H17N3O4S2. The Kier molecular flexibility index (Phi) is 5.72. The van der Waals surface area contributed by atoms with Gasteiger partial charge in [-0.25, -0.2) is 18.2 Å². The van der Waals surface area contributed by atoms with Crippen molar-refractivity contribution in [2.75, 3.05) is 16.3 Å². The van der Waals surface area contributed by atoms with Gasteiger partial charge in [-0.15, -0.1) is 11.3 Å². The number of rotatable bonds is 7. The second kappa shape index (κ2) is 8.19. The van der Waals surface area contributed by atoms with Crippen molar-refractivity contribution in [3.8, 4) is 0 Å². The zero-order valence-corrected chi connectivity index (χ0v) is 16.0. The summed E-state index contributed by atoms with van der Waals surface area (Å²) in [6, 6.07) is 15.9. The second-order valence-electron chi connectivity index (χ2n) is 5.63. The molecule has 0 unspecified atom stereocenters. The number of carbonyl (C=O) groups excluding carboxylic acids is 1. The molecule has 0 bridgehead atoms. The summed E-state index contributed by atoms with van der Waals surface area (Å²) in [4.78, 5) is 16.7. The van der Waals surface area contributed by atoms with Gasteiger partial charge in [0.1, 0.15) is 6.61 Å². The number of hydrogen-bond acceptors (Lipinski definition) is 7. The Hall–Kier alpha value is -2.91. The molecule has 140 valence electrons. The second-order valence-corrected chi connectivity index (χ2v) is 8.24. The third-order valence-electron chi connectivity index (χ3n) is 3.37. The van der Waals surface area contributed by atoms with Gasteiger partial charge in [-0.3, -0.25) is 4.72 Å². The van der Waals surface area contributed by atoms with Crippen molar-refractivity contribution >= 4 is 43.8 Å². The lowest BCUT2D eigenvalue weighted by Gasteiger charge is -2.09. The van der Waals surface area contributed by atoms with Crippen LogP contribution in [0.3, 0.4) is 0 Å². The molecule has 27 heavy (non-hydrogen) atoms. The Morgan fingerprint density at radius 3 is 2.56 bits per heavy atom. The van der Waals surface area contributed by atoms with E-state index in [1.807, 2.05) is 30.3 Å². The number of nitrogens with zero attached hydrogens (tertiary/aromatic N) is 1. The Bertz CT molecular complexity index is 1030. The molecule has 0 aliphatic carbocycles. The number of sulfonamides is 1. The summed E-state index contributed by atoms with van der Waals surface area (Å²) in [5.74, 6) is -0.632. The Morgan fingerprint density at radius 2 is 1.81 bits per heavy atom. The number of anilines is 3. The molecule has 0 atom stereocenters. The molecule has 0 aliphatic rings. The highest BCUT2D eigenvalue weighted by Crippen LogP contribution is 2.22. The molecule has 0 aliphatic heterocycles. The summed E-state index contributed by atoms with van der Waals surface area (Å²) < 4.78 is 30.4. The molecule has 0 fully saturated rings. The standard InChI is InChI=1S/C18H17N3O4S2/c1-27(23,24)21-16-10-6-5-9-15(16)17(22)25-11-14-12-26-18(20-14)19-13-7-3-2-4-8-13/h2-10,12,21H,11H2,1H3,(H,19,20). The average molecular weight is 403 g/mol. The van der Waals surface area contributed by atoms with Gasteiger partial charge in [0.15, 0.2) is 5.13 Å². The molecule has 1 aromatic heterocycles. The number of hydrogen-bond donors (Lipinski definition) is 2. The van der Waals surface area contributed by atoms with Crippen molar-refractivity contribution in [3.05, 3.63) is 71.2 Å². The van der Waals surface area contributed by atoms with Crippen LogP contribution in [0.25, 0.3) is 0 Å². The SMILES string of the molecule is CS(=O)(=O)Nc1ccccc1C(=O)OCc1csc(Nc2ccccc2)n1. The average Bonchev–Trinajstić information content (AvgIpc) is 3.07. The molecule has 9 heteroatoms. The maximum Gasteiger partial charge on any atom is 0.340 e. The van der Waals surface area contributed by atoms with Gasteiger partial charge in [-0.1, -0.05) is 30.3 Å². The molecule has 3 rings (SSSR count). The van der Waals surface area contributed by atoms with Crippen molar-refractivity contribution in [3.63, 3.8) is 0 Å². The van der Waals surface area contributed by atoms with Crippen LogP contribution in [0, 0.1) is 0 Å². The first-order valence-corrected chi connectivity index (χ1v) is 10.7. The van der Waals surface area contributed by atoms with Crippen LogP contribution in [0.4, 0.5) is 16.5 Å². The van der Waals surface area contributed by atoms with Crippen molar-refractivity contribution in [2.45, 2.75) is 6.61 Å². The fraction of sp³-hybridized carbons (Fsp3) is 0.111. The normalized spacial score (nSPS) is 11.0. The zero-order valence-electron chi connectivity index (χ0n) is 14.4. The van der Waals surface area contributed by atoms with Crippen molar-refractivity contribution < 1.29 is 17.9 Å². The summed E-state index contributed by atoms with van der Waals surface area (Å²) in [5.41, 5.74) is 1.83. The number of esters is 1. The van der Waals surface area contributed by atoms with Crippen LogP contribution in [0.15, 0.2) is 60.0 Å². The first kappa shape index (κ1) is 18.9. The van der Waals surface area contributed by atoms with Gasteiger partial charge in [0.2, 0.25) is 10.0 Å². The smallest absolute Gasteiger partial charge is 0.340 e. The van der Waals surface area contributed by atoms with Crippen LogP contribution in [-0.2, 0) is 21.4 Å². The van der Waals surface area contributed by atoms with Crippen LogP contribution >= 0.6 is 11.3 Å². The number of ether oxygens (including phenoxy) is 1. The monoisotopic (exact) mass is 403 g/mol. The van der Waals surface area contributed by atoms with E-state index in [0.717, 1.165) is 11.9 Å². The fourth-order valence-electron chi connectivity index (χ4n) is 2.24. The Morgan fingerprint density at radius 1 is 1.11 bits per heavy atom. The molecule has 2 aromatic carbocycles. The van der Waals surface area contributed by atoms with E-state index in [0.29, 0.717) is 10.8 Å². The van der Waals surface area contributed by atoms with Gasteiger partial charge in [0.05, 0.1) is 23.2 Å². The van der Waals surface area contributed by atoms with E-state index in [2.05, 4.69) is 15.0 Å². The van der Waals surface area contributed by atoms with E-state index in [1.165, 1.54) is 23.5 Å². The third-order valence-corrected chi connectivity index (χ3v) is 4.77. The molecule has 3 aromatic rings. The van der Waals surface area contributed by atoms with Gasteiger partial charge >= 0.3 is 5.97 Å². The summed E-state index contributed by atoms with van der Waals surface area (Å²) in [6.07, 6.45) is 1.02. The Labute approximate surface area is 161 Å². The van der Waals surface area contributed by atoms with Crippen LogP contribution in [0.1, 0.15) is 16.1 Å². The van der Waals surface area contributed by atoms with E-state index in [1.54, 1.807) is 17.5 Å². The molecular weight excluding hydrogens is 386 g/mol. The predicted molar refractivity (Wildman–Crippen MR) is 106 cm³/mol. The number of carbonyl (C=O) groups is 1. The van der Waals surface area contributed by atoms with Gasteiger partial charge in [0.25, 0.3) is 0 Å². The molecule has 0 spiro atoms. The summed E-state index contributed by atoms with van der Waals surface area (Å²) in [5, 5.41) is 5.65. The molecule has 2 N–H and O–H groups in total. The lowest BCUT2D eigenvalue weighted by atomic mass is 10.2. The maximum absolute atomic E-state index is 12.3. The van der Waals surface area contributed by atoms with Crippen LogP contribution in [0.5, 0.6) is 0 Å². The lowest BCUT2D eigenvalue weighted by Crippen LogP contribution is -2.14. The minimum atomic E-state index is -3.50. The lowest BCUT2D eigenvalue weighted by molar-refractivity contribution is 0.0470. The van der Waals surface area contributed by atoms with Gasteiger partial charge in [-0.05, 0) is 24.3 Å². The first-order valence-electron chi connectivity index (χ1n) is 7.91. The molecule has 7 nitrogen and oxygen atoms in total. The summed E-state index contributed by atoms with van der Waals surface area (Å²) in [6.45, 7) is -0.0149. The van der Waals surface area contributed by atoms with E-state index in [-0.39, 0.29) is 17.9 Å². The minimum absolute atomic E-state index is 0.0149.